The molecule has 0 N–H and O–H groups in total. The summed E-state index contributed by atoms with van der Waals surface area (Å²) in [6, 6.07) is 3.83. The normalized spacial score (nSPS) is 12.8. The molecular weight excluding hydrogens is 244 g/mol. The Kier molecular flexibility index (Phi) is 2.55. The van der Waals surface area contributed by atoms with Gasteiger partial charge >= 0.3 is 0 Å². The first-order valence-corrected chi connectivity index (χ1v) is 6.01. The molecule has 5 heteroatoms. The molecule has 0 amide bonds. The maximum absolute atomic E-state index is 11.2. The fourth-order valence-corrected chi connectivity index (χ4v) is 2.34. The van der Waals surface area contributed by atoms with Crippen LogP contribution in [0.4, 0.5) is 0 Å². The first kappa shape index (κ1) is 11.8. The summed E-state index contributed by atoms with van der Waals surface area (Å²) >= 11 is 0. The molecule has 2 heterocycles. The lowest BCUT2D eigenvalue weighted by Crippen LogP contribution is -1.97. The third-order valence-electron chi connectivity index (χ3n) is 3.43. The van der Waals surface area contributed by atoms with Gasteiger partial charge in [0, 0.05) is 12.6 Å². The van der Waals surface area contributed by atoms with Gasteiger partial charge in [-0.3, -0.25) is 4.79 Å². The van der Waals surface area contributed by atoms with Crippen molar-refractivity contribution < 1.29 is 14.3 Å². The SMILES string of the molecule is Cc1cc2c(cc1-c1c(C=O)nc(C)n1C)OCO2. The summed E-state index contributed by atoms with van der Waals surface area (Å²) in [4.78, 5) is 15.4. The van der Waals surface area contributed by atoms with E-state index in [2.05, 4.69) is 4.98 Å². The monoisotopic (exact) mass is 258 g/mol. The van der Waals surface area contributed by atoms with Gasteiger partial charge in [0.25, 0.3) is 0 Å². The van der Waals surface area contributed by atoms with Crippen LogP contribution in [0.3, 0.4) is 0 Å². The smallest absolute Gasteiger partial charge is 0.231 e. The number of imidazole rings is 1. The number of carbonyl (C=O) groups excluding carboxylic acids is 1. The summed E-state index contributed by atoms with van der Waals surface area (Å²) in [6.07, 6.45) is 0.784. The number of aldehydes is 1. The van der Waals surface area contributed by atoms with Gasteiger partial charge < -0.3 is 14.0 Å². The molecule has 2 aromatic rings. The van der Waals surface area contributed by atoms with Gasteiger partial charge in [0.2, 0.25) is 6.79 Å². The zero-order chi connectivity index (χ0) is 13.6. The lowest BCUT2D eigenvalue weighted by Gasteiger charge is -2.09. The van der Waals surface area contributed by atoms with E-state index < -0.39 is 0 Å². The molecule has 0 saturated heterocycles. The van der Waals surface area contributed by atoms with E-state index in [1.165, 1.54) is 0 Å². The highest BCUT2D eigenvalue weighted by molar-refractivity contribution is 5.85. The van der Waals surface area contributed by atoms with E-state index >= 15 is 0 Å². The largest absolute Gasteiger partial charge is 0.454 e. The van der Waals surface area contributed by atoms with Gasteiger partial charge in [-0.1, -0.05) is 0 Å². The van der Waals surface area contributed by atoms with Crippen LogP contribution in [0, 0.1) is 13.8 Å². The topological polar surface area (TPSA) is 53.4 Å². The Labute approximate surface area is 110 Å². The molecule has 1 aliphatic rings. The van der Waals surface area contributed by atoms with Gasteiger partial charge in [0.05, 0.1) is 5.69 Å². The van der Waals surface area contributed by atoms with Gasteiger partial charge in [-0.05, 0) is 31.5 Å². The molecule has 5 nitrogen and oxygen atoms in total. The molecule has 0 spiro atoms. The second kappa shape index (κ2) is 4.12. The van der Waals surface area contributed by atoms with Crippen molar-refractivity contribution in [1.29, 1.82) is 0 Å². The number of fused-ring (bicyclic) bond motifs is 1. The highest BCUT2D eigenvalue weighted by Crippen LogP contribution is 2.39. The summed E-state index contributed by atoms with van der Waals surface area (Å²) in [5, 5.41) is 0. The van der Waals surface area contributed by atoms with Gasteiger partial charge in [0.15, 0.2) is 17.8 Å². The van der Waals surface area contributed by atoms with Crippen molar-refractivity contribution in [2.75, 3.05) is 6.79 Å². The van der Waals surface area contributed by atoms with E-state index in [0.29, 0.717) is 11.4 Å². The second-order valence-corrected chi connectivity index (χ2v) is 4.59. The van der Waals surface area contributed by atoms with Crippen LogP contribution in [-0.4, -0.2) is 22.6 Å². The standard InChI is InChI=1S/C14H14N2O3/c1-8-4-12-13(19-7-18-12)5-10(8)14-11(6-17)15-9(2)16(14)3/h4-6H,7H2,1-3H3. The number of aromatic nitrogens is 2. The van der Waals surface area contributed by atoms with Crippen molar-refractivity contribution in [2.24, 2.45) is 7.05 Å². The van der Waals surface area contributed by atoms with Crippen LogP contribution >= 0.6 is 0 Å². The fraction of sp³-hybridized carbons (Fsp3) is 0.286. The number of hydrogen-bond donors (Lipinski definition) is 0. The number of nitrogens with zero attached hydrogens (tertiary/aromatic N) is 2. The lowest BCUT2D eigenvalue weighted by molar-refractivity contribution is 0.112. The maximum atomic E-state index is 11.2. The number of benzene rings is 1. The highest BCUT2D eigenvalue weighted by Gasteiger charge is 2.21. The average Bonchev–Trinajstić information content (AvgIpc) is 2.94. The molecule has 0 unspecified atom stereocenters. The summed E-state index contributed by atoms with van der Waals surface area (Å²) < 4.78 is 12.7. The molecule has 98 valence electrons. The van der Waals surface area contributed by atoms with Gasteiger partial charge in [-0.25, -0.2) is 4.98 Å². The zero-order valence-corrected chi connectivity index (χ0v) is 11.1. The van der Waals surface area contributed by atoms with Crippen molar-refractivity contribution in [3.8, 4) is 22.8 Å². The Morgan fingerprint density at radius 1 is 1.26 bits per heavy atom. The quantitative estimate of drug-likeness (QED) is 0.775. The van der Waals surface area contributed by atoms with Crippen LogP contribution in [0.15, 0.2) is 12.1 Å². The minimum Gasteiger partial charge on any atom is -0.454 e. The van der Waals surface area contributed by atoms with Crippen LogP contribution in [0.1, 0.15) is 21.9 Å². The molecule has 1 aromatic heterocycles. The predicted octanol–water partition coefficient (Wildman–Crippen LogP) is 2.25. The van der Waals surface area contributed by atoms with Crippen LogP contribution in [0.2, 0.25) is 0 Å². The molecule has 0 atom stereocenters. The van der Waals surface area contributed by atoms with E-state index in [-0.39, 0.29) is 6.79 Å². The minimum absolute atomic E-state index is 0.239. The average molecular weight is 258 g/mol. The molecule has 1 aliphatic heterocycles. The number of rotatable bonds is 2. The highest BCUT2D eigenvalue weighted by atomic mass is 16.7. The molecular formula is C14H14N2O3. The number of aryl methyl sites for hydroxylation is 2. The molecule has 0 radical (unpaired) electrons. The van der Waals surface area contributed by atoms with Crippen LogP contribution in [-0.2, 0) is 7.05 Å². The summed E-state index contributed by atoms with van der Waals surface area (Å²) in [6.45, 7) is 4.09. The van der Waals surface area contributed by atoms with Crippen molar-refractivity contribution in [2.45, 2.75) is 13.8 Å². The molecule has 3 rings (SSSR count). The number of ether oxygens (including phenoxy) is 2. The fourth-order valence-electron chi connectivity index (χ4n) is 2.34. The Morgan fingerprint density at radius 2 is 1.95 bits per heavy atom. The van der Waals surface area contributed by atoms with Crippen molar-refractivity contribution in [1.82, 2.24) is 9.55 Å². The van der Waals surface area contributed by atoms with E-state index in [4.69, 9.17) is 9.47 Å². The van der Waals surface area contributed by atoms with Gasteiger partial charge in [-0.2, -0.15) is 0 Å². The summed E-state index contributed by atoms with van der Waals surface area (Å²) in [7, 11) is 1.90. The molecule has 19 heavy (non-hydrogen) atoms. The van der Waals surface area contributed by atoms with Crippen molar-refractivity contribution in [3.63, 3.8) is 0 Å². The van der Waals surface area contributed by atoms with E-state index in [1.54, 1.807) is 0 Å². The third-order valence-corrected chi connectivity index (χ3v) is 3.43. The molecule has 1 aromatic carbocycles. The molecule has 0 fully saturated rings. The van der Waals surface area contributed by atoms with Crippen LogP contribution < -0.4 is 9.47 Å². The molecule has 0 saturated carbocycles. The minimum atomic E-state index is 0.239. The Bertz CT molecular complexity index is 674. The Hall–Kier alpha value is -2.30. The first-order valence-electron chi connectivity index (χ1n) is 6.01. The zero-order valence-electron chi connectivity index (χ0n) is 11.1. The lowest BCUT2D eigenvalue weighted by atomic mass is 10.0. The Balaban J connectivity index is 2.25. The summed E-state index contributed by atoms with van der Waals surface area (Å²) in [5.74, 6) is 2.25. The number of carbonyl (C=O) groups is 1. The van der Waals surface area contributed by atoms with Crippen LogP contribution in [0.5, 0.6) is 11.5 Å². The van der Waals surface area contributed by atoms with Crippen molar-refractivity contribution >= 4 is 6.29 Å². The van der Waals surface area contributed by atoms with Crippen LogP contribution in [0.25, 0.3) is 11.3 Å². The third kappa shape index (κ3) is 1.69. The van der Waals surface area contributed by atoms with E-state index in [0.717, 1.165) is 34.7 Å². The first-order chi connectivity index (χ1) is 9.11. The molecule has 0 aliphatic carbocycles. The van der Waals surface area contributed by atoms with E-state index in [9.17, 15) is 4.79 Å². The number of hydrogen-bond acceptors (Lipinski definition) is 4. The van der Waals surface area contributed by atoms with Crippen molar-refractivity contribution in [3.05, 3.63) is 29.2 Å². The van der Waals surface area contributed by atoms with E-state index in [1.807, 2.05) is 37.6 Å². The van der Waals surface area contributed by atoms with Gasteiger partial charge in [0.1, 0.15) is 11.5 Å². The molecule has 0 bridgehead atoms. The Morgan fingerprint density at radius 3 is 2.63 bits per heavy atom. The summed E-state index contributed by atoms with van der Waals surface area (Å²) in [5.41, 5.74) is 3.22. The van der Waals surface area contributed by atoms with Gasteiger partial charge in [-0.15, -0.1) is 0 Å². The maximum Gasteiger partial charge on any atom is 0.231 e. The predicted molar refractivity (Wildman–Crippen MR) is 69.6 cm³/mol. The second-order valence-electron chi connectivity index (χ2n) is 4.59.